The minimum atomic E-state index is -0.815. The number of carbonyl (C=O) groups is 1. The number of likely N-dealkylation sites (N-methyl/N-ethyl adjacent to an activating group) is 1. The highest BCUT2D eigenvalue weighted by Gasteiger charge is 2.47. The Morgan fingerprint density at radius 3 is 2.62 bits per heavy atom. The lowest BCUT2D eigenvalue weighted by molar-refractivity contribution is -0.130. The molecule has 2 heterocycles. The molecule has 0 spiro atoms. The van der Waals surface area contributed by atoms with Crippen LogP contribution in [-0.2, 0) is 10.3 Å². The zero-order chi connectivity index (χ0) is 20.6. The van der Waals surface area contributed by atoms with E-state index in [1.165, 1.54) is 4.90 Å². The summed E-state index contributed by atoms with van der Waals surface area (Å²) in [6.07, 6.45) is 0. The van der Waals surface area contributed by atoms with E-state index in [9.17, 15) is 10.1 Å². The van der Waals surface area contributed by atoms with Crippen LogP contribution in [0.3, 0.4) is 0 Å². The van der Waals surface area contributed by atoms with E-state index in [-0.39, 0.29) is 11.9 Å². The Kier molecular flexibility index (Phi) is 4.69. The van der Waals surface area contributed by atoms with Gasteiger partial charge in [0.2, 0.25) is 5.91 Å². The predicted octanol–water partition coefficient (Wildman–Crippen LogP) is 4.07. The largest absolute Gasteiger partial charge is 0.369 e. The first-order valence-electron chi connectivity index (χ1n) is 9.21. The number of aliphatic imine (C=N–C) groups is 1. The van der Waals surface area contributed by atoms with Crippen LogP contribution in [0.4, 0.5) is 0 Å². The van der Waals surface area contributed by atoms with Crippen molar-refractivity contribution in [1.29, 1.82) is 5.26 Å². The Morgan fingerprint density at radius 1 is 1.14 bits per heavy atom. The van der Waals surface area contributed by atoms with Gasteiger partial charge in [0.25, 0.3) is 0 Å². The molecule has 29 heavy (non-hydrogen) atoms. The smallest absolute Gasteiger partial charge is 0.239 e. The summed E-state index contributed by atoms with van der Waals surface area (Å²) in [5.74, 6) is -0.336. The maximum absolute atomic E-state index is 13.2. The van der Waals surface area contributed by atoms with E-state index in [0.29, 0.717) is 5.56 Å². The molecule has 0 aliphatic carbocycles. The summed E-state index contributed by atoms with van der Waals surface area (Å²) in [5.41, 5.74) is 8.76. The average Bonchev–Trinajstić information content (AvgIpc) is 3.24. The van der Waals surface area contributed by atoms with Crippen molar-refractivity contribution in [2.75, 3.05) is 7.05 Å². The van der Waals surface area contributed by atoms with Crippen LogP contribution >= 0.6 is 11.3 Å². The molecule has 2 atom stereocenters. The number of benzene rings is 2. The molecule has 1 aromatic heterocycles. The molecule has 0 fully saturated rings. The number of guanidine groups is 1. The van der Waals surface area contributed by atoms with Crippen molar-refractivity contribution in [3.05, 3.63) is 82.0 Å². The lowest BCUT2D eigenvalue weighted by Crippen LogP contribution is -2.52. The van der Waals surface area contributed by atoms with Crippen LogP contribution in [0.1, 0.15) is 28.8 Å². The molecular weight excluding hydrogens is 380 g/mol. The molecule has 5 nitrogen and oxygen atoms in total. The van der Waals surface area contributed by atoms with Crippen LogP contribution in [0.25, 0.3) is 11.1 Å². The van der Waals surface area contributed by atoms with Crippen LogP contribution in [0.5, 0.6) is 0 Å². The van der Waals surface area contributed by atoms with Crippen LogP contribution in [-0.4, -0.2) is 23.8 Å². The highest BCUT2D eigenvalue weighted by Crippen LogP contribution is 2.46. The Labute approximate surface area is 173 Å². The van der Waals surface area contributed by atoms with Crippen molar-refractivity contribution in [3.63, 3.8) is 0 Å². The van der Waals surface area contributed by atoms with E-state index in [2.05, 4.69) is 6.07 Å². The average molecular weight is 401 g/mol. The molecule has 1 aliphatic rings. The lowest BCUT2D eigenvalue weighted by atomic mass is 9.77. The number of nitrogens with two attached hydrogens (primary N) is 1. The van der Waals surface area contributed by atoms with Crippen molar-refractivity contribution in [2.45, 2.75) is 18.4 Å². The van der Waals surface area contributed by atoms with Crippen LogP contribution < -0.4 is 5.73 Å². The Morgan fingerprint density at radius 2 is 1.90 bits per heavy atom. The number of nitriles is 1. The first-order valence-corrected chi connectivity index (χ1v) is 10.1. The van der Waals surface area contributed by atoms with Gasteiger partial charge >= 0.3 is 0 Å². The Bertz CT molecular complexity index is 1140. The molecule has 4 rings (SSSR count). The van der Waals surface area contributed by atoms with Gasteiger partial charge in [-0.05, 0) is 47.2 Å². The minimum absolute atomic E-state index is 0.0763. The third-order valence-corrected chi connectivity index (χ3v) is 6.54. The van der Waals surface area contributed by atoms with Gasteiger partial charge in [0.1, 0.15) is 5.54 Å². The van der Waals surface area contributed by atoms with E-state index in [1.807, 2.05) is 66.9 Å². The maximum Gasteiger partial charge on any atom is 0.239 e. The van der Waals surface area contributed by atoms with Crippen molar-refractivity contribution in [1.82, 2.24) is 4.90 Å². The summed E-state index contributed by atoms with van der Waals surface area (Å²) in [6, 6.07) is 21.4. The van der Waals surface area contributed by atoms with E-state index >= 15 is 0 Å². The number of nitrogens with zero attached hydrogens (tertiary/aromatic N) is 3. The number of thiophene rings is 1. The number of amides is 1. The van der Waals surface area contributed by atoms with Crippen LogP contribution in [0, 0.1) is 11.3 Å². The van der Waals surface area contributed by atoms with Crippen molar-refractivity contribution in [3.8, 4) is 17.2 Å². The van der Waals surface area contributed by atoms with E-state index in [1.54, 1.807) is 24.5 Å². The molecule has 2 aromatic carbocycles. The summed E-state index contributed by atoms with van der Waals surface area (Å²) in [5, 5.41) is 11.2. The number of hydrogen-bond donors (Lipinski definition) is 1. The van der Waals surface area contributed by atoms with Gasteiger partial charge in [-0.1, -0.05) is 42.5 Å². The zero-order valence-corrected chi connectivity index (χ0v) is 17.0. The van der Waals surface area contributed by atoms with E-state index in [4.69, 9.17) is 10.7 Å². The fourth-order valence-electron chi connectivity index (χ4n) is 3.76. The quantitative estimate of drug-likeness (QED) is 0.719. The van der Waals surface area contributed by atoms with Gasteiger partial charge in [-0.15, -0.1) is 11.3 Å². The van der Waals surface area contributed by atoms with Gasteiger partial charge in [0.05, 0.1) is 17.6 Å². The van der Waals surface area contributed by atoms with Crippen molar-refractivity contribution in [2.24, 2.45) is 10.7 Å². The third kappa shape index (κ3) is 3.20. The predicted molar refractivity (Wildman–Crippen MR) is 115 cm³/mol. The zero-order valence-electron chi connectivity index (χ0n) is 16.2. The fourth-order valence-corrected chi connectivity index (χ4v) is 4.81. The molecule has 1 amide bonds. The standard InChI is InChI=1S/C23H20N4OS/c1-23(19-12-18(14-29-19)17-10-6-7-15(11-17)13-24)20(16-8-4-3-5-9-16)21(28)27(2)22(25)26-23/h3-12,14,20H,1-2H3,(H2,25,26)/t20-,23-/m1/s1. The molecule has 0 unspecified atom stereocenters. The molecule has 144 valence electrons. The van der Waals surface area contributed by atoms with Gasteiger partial charge in [-0.2, -0.15) is 5.26 Å². The normalized spacial score (nSPS) is 21.6. The van der Waals surface area contributed by atoms with Crippen molar-refractivity contribution >= 4 is 23.2 Å². The Balaban J connectivity index is 1.84. The van der Waals surface area contributed by atoms with E-state index < -0.39 is 11.5 Å². The SMILES string of the molecule is CN1C(=O)[C@@H](c2ccccc2)[C@@](C)(c2cc(-c3cccc(C#N)c3)cs2)N=C1N. The van der Waals surface area contributed by atoms with Crippen molar-refractivity contribution < 1.29 is 4.79 Å². The molecule has 6 heteroatoms. The molecule has 0 bridgehead atoms. The first-order chi connectivity index (χ1) is 13.9. The van der Waals surface area contributed by atoms with E-state index in [0.717, 1.165) is 21.6 Å². The molecule has 0 radical (unpaired) electrons. The third-order valence-electron chi connectivity index (χ3n) is 5.39. The molecule has 0 saturated carbocycles. The van der Waals surface area contributed by atoms with Gasteiger partial charge < -0.3 is 5.73 Å². The Hall–Kier alpha value is -3.43. The second-order valence-electron chi connectivity index (χ2n) is 7.25. The van der Waals surface area contributed by atoms with Crippen LogP contribution in [0.15, 0.2) is 71.0 Å². The van der Waals surface area contributed by atoms with Gasteiger partial charge in [0, 0.05) is 11.9 Å². The first kappa shape index (κ1) is 18.9. The maximum atomic E-state index is 13.2. The topological polar surface area (TPSA) is 82.5 Å². The summed E-state index contributed by atoms with van der Waals surface area (Å²) in [4.78, 5) is 20.4. The van der Waals surface area contributed by atoms with Gasteiger partial charge in [0.15, 0.2) is 5.96 Å². The minimum Gasteiger partial charge on any atom is -0.369 e. The fraction of sp³-hybridized carbons (Fsp3) is 0.174. The summed E-state index contributed by atoms with van der Waals surface area (Å²) < 4.78 is 0. The highest BCUT2D eigenvalue weighted by molar-refractivity contribution is 7.10. The monoisotopic (exact) mass is 400 g/mol. The molecule has 1 aliphatic heterocycles. The van der Waals surface area contributed by atoms with Crippen LogP contribution in [0.2, 0.25) is 0 Å². The molecule has 3 aromatic rings. The summed E-state index contributed by atoms with van der Waals surface area (Å²) >= 11 is 1.55. The number of hydrogen-bond acceptors (Lipinski definition) is 5. The second kappa shape index (κ2) is 7.19. The highest BCUT2D eigenvalue weighted by atomic mass is 32.1. The van der Waals surface area contributed by atoms with Gasteiger partial charge in [-0.3, -0.25) is 9.69 Å². The summed E-state index contributed by atoms with van der Waals surface area (Å²) in [7, 11) is 1.66. The molecule has 2 N–H and O–H groups in total. The lowest BCUT2D eigenvalue weighted by Gasteiger charge is -2.40. The molecular formula is C23H20N4OS. The number of rotatable bonds is 3. The second-order valence-corrected chi connectivity index (χ2v) is 8.16. The number of carbonyl (C=O) groups excluding carboxylic acids is 1. The molecule has 0 saturated heterocycles. The summed E-state index contributed by atoms with van der Waals surface area (Å²) in [6.45, 7) is 1.96. The van der Waals surface area contributed by atoms with Gasteiger partial charge in [-0.25, -0.2) is 4.99 Å².